The number of hydrogen-bond acceptors (Lipinski definition) is 5. The van der Waals surface area contributed by atoms with Crippen LogP contribution in [0.1, 0.15) is 6.42 Å². The molecule has 0 aliphatic carbocycles. The molecular formula is C11H14N2O5. The Labute approximate surface area is 104 Å². The van der Waals surface area contributed by atoms with E-state index in [2.05, 4.69) is 11.2 Å². The summed E-state index contributed by atoms with van der Waals surface area (Å²) in [6.45, 7) is -0.276. The molecule has 0 aromatic heterocycles. The van der Waals surface area contributed by atoms with Gasteiger partial charge in [-0.25, -0.2) is 4.79 Å². The molecule has 0 radical (unpaired) electrons. The third-order valence-corrected chi connectivity index (χ3v) is 3.12. The predicted molar refractivity (Wildman–Crippen MR) is 58.9 cm³/mol. The fourth-order valence-corrected chi connectivity index (χ4v) is 2.08. The molecule has 0 spiro atoms. The molecular weight excluding hydrogens is 240 g/mol. The van der Waals surface area contributed by atoms with Crippen LogP contribution in [0.15, 0.2) is 0 Å². The SMILES string of the molecule is C#CC1CN(C2CC(O)C(CO)O2)C(=O)NC1=O. The lowest BCUT2D eigenvalue weighted by Gasteiger charge is -2.33. The second kappa shape index (κ2) is 4.94. The predicted octanol–water partition coefficient (Wildman–Crippen LogP) is -1.74. The maximum absolute atomic E-state index is 11.7. The number of aliphatic hydroxyl groups is 2. The molecule has 7 nitrogen and oxygen atoms in total. The van der Waals surface area contributed by atoms with Crippen molar-refractivity contribution in [2.45, 2.75) is 24.9 Å². The maximum atomic E-state index is 11.7. The van der Waals surface area contributed by atoms with E-state index in [1.54, 1.807) is 0 Å². The summed E-state index contributed by atoms with van der Waals surface area (Å²) in [6, 6.07) is -0.595. The summed E-state index contributed by atoms with van der Waals surface area (Å²) in [5.74, 6) is 1.06. The molecule has 2 aliphatic heterocycles. The van der Waals surface area contributed by atoms with Gasteiger partial charge < -0.3 is 14.9 Å². The molecule has 2 heterocycles. The Morgan fingerprint density at radius 1 is 1.56 bits per heavy atom. The van der Waals surface area contributed by atoms with Crippen molar-refractivity contribution in [1.82, 2.24) is 10.2 Å². The number of carbonyl (C=O) groups is 2. The van der Waals surface area contributed by atoms with Crippen LogP contribution in [0.25, 0.3) is 0 Å². The van der Waals surface area contributed by atoms with E-state index in [0.717, 1.165) is 0 Å². The maximum Gasteiger partial charge on any atom is 0.326 e. The van der Waals surface area contributed by atoms with Crippen molar-refractivity contribution >= 4 is 11.9 Å². The van der Waals surface area contributed by atoms with Crippen LogP contribution in [0, 0.1) is 18.3 Å². The van der Waals surface area contributed by atoms with Gasteiger partial charge in [-0.2, -0.15) is 0 Å². The summed E-state index contributed by atoms with van der Waals surface area (Å²) >= 11 is 0. The Morgan fingerprint density at radius 3 is 2.83 bits per heavy atom. The highest BCUT2D eigenvalue weighted by Gasteiger charge is 2.42. The van der Waals surface area contributed by atoms with Crippen molar-refractivity contribution in [2.75, 3.05) is 13.2 Å². The van der Waals surface area contributed by atoms with Gasteiger partial charge in [-0.15, -0.1) is 6.42 Å². The Kier molecular flexibility index (Phi) is 3.52. The number of aliphatic hydroxyl groups excluding tert-OH is 2. The fourth-order valence-electron chi connectivity index (χ4n) is 2.08. The Balaban J connectivity index is 2.07. The third-order valence-electron chi connectivity index (χ3n) is 3.12. The van der Waals surface area contributed by atoms with Gasteiger partial charge in [0.25, 0.3) is 0 Å². The van der Waals surface area contributed by atoms with Gasteiger partial charge in [0.05, 0.1) is 12.7 Å². The van der Waals surface area contributed by atoms with E-state index in [1.165, 1.54) is 4.90 Å². The number of carbonyl (C=O) groups excluding carboxylic acids is 2. The quantitative estimate of drug-likeness (QED) is 0.508. The van der Waals surface area contributed by atoms with Gasteiger partial charge >= 0.3 is 6.03 Å². The van der Waals surface area contributed by atoms with Gasteiger partial charge in [0, 0.05) is 13.0 Å². The molecule has 0 aromatic rings. The number of rotatable bonds is 2. The molecule has 0 saturated carbocycles. The zero-order chi connectivity index (χ0) is 13.3. The molecule has 98 valence electrons. The van der Waals surface area contributed by atoms with Gasteiger partial charge in [0.2, 0.25) is 5.91 Å². The van der Waals surface area contributed by atoms with Crippen LogP contribution in [0.3, 0.4) is 0 Å². The minimum Gasteiger partial charge on any atom is -0.394 e. The first-order chi connectivity index (χ1) is 8.56. The first-order valence-electron chi connectivity index (χ1n) is 5.58. The molecule has 4 atom stereocenters. The Morgan fingerprint density at radius 2 is 2.28 bits per heavy atom. The van der Waals surface area contributed by atoms with Crippen molar-refractivity contribution in [3.8, 4) is 12.3 Å². The molecule has 4 unspecified atom stereocenters. The number of nitrogens with one attached hydrogen (secondary N) is 1. The average molecular weight is 254 g/mol. The van der Waals surface area contributed by atoms with E-state index in [0.29, 0.717) is 0 Å². The number of urea groups is 1. The largest absolute Gasteiger partial charge is 0.394 e. The van der Waals surface area contributed by atoms with Crippen LogP contribution >= 0.6 is 0 Å². The molecule has 7 heteroatoms. The van der Waals surface area contributed by atoms with Crippen molar-refractivity contribution < 1.29 is 24.5 Å². The second-order valence-corrected chi connectivity index (χ2v) is 4.28. The number of terminal acetylenes is 1. The number of hydrogen-bond donors (Lipinski definition) is 3. The minimum absolute atomic E-state index is 0.0523. The molecule has 2 rings (SSSR count). The molecule has 0 bridgehead atoms. The highest BCUT2D eigenvalue weighted by atomic mass is 16.5. The summed E-state index contributed by atoms with van der Waals surface area (Å²) < 4.78 is 5.35. The van der Waals surface area contributed by atoms with Gasteiger partial charge in [-0.3, -0.25) is 15.0 Å². The van der Waals surface area contributed by atoms with Gasteiger partial charge in [-0.1, -0.05) is 5.92 Å². The summed E-state index contributed by atoms with van der Waals surface area (Å²) in [6.07, 6.45) is 3.15. The molecule has 3 amide bonds. The van der Waals surface area contributed by atoms with Crippen molar-refractivity contribution in [2.24, 2.45) is 5.92 Å². The van der Waals surface area contributed by atoms with Crippen molar-refractivity contribution in [3.63, 3.8) is 0 Å². The highest BCUT2D eigenvalue weighted by Crippen LogP contribution is 2.25. The topological polar surface area (TPSA) is 99.1 Å². The Bertz CT molecular complexity index is 405. The van der Waals surface area contributed by atoms with Crippen LogP contribution in [-0.4, -0.2) is 58.6 Å². The summed E-state index contributed by atoms with van der Waals surface area (Å²) in [5, 5.41) is 20.7. The lowest BCUT2D eigenvalue weighted by atomic mass is 10.1. The van der Waals surface area contributed by atoms with Crippen molar-refractivity contribution in [1.29, 1.82) is 0 Å². The van der Waals surface area contributed by atoms with Crippen LogP contribution in [0.2, 0.25) is 0 Å². The van der Waals surface area contributed by atoms with Gasteiger partial charge in [0.15, 0.2) is 0 Å². The van der Waals surface area contributed by atoms with E-state index in [1.807, 2.05) is 0 Å². The lowest BCUT2D eigenvalue weighted by molar-refractivity contribution is -0.127. The molecule has 2 saturated heterocycles. The van der Waals surface area contributed by atoms with E-state index in [-0.39, 0.29) is 19.6 Å². The highest BCUT2D eigenvalue weighted by molar-refractivity contribution is 5.99. The Hall–Kier alpha value is -1.62. The minimum atomic E-state index is -0.838. The number of ether oxygens (including phenoxy) is 1. The molecule has 2 aliphatic rings. The molecule has 0 aromatic carbocycles. The average Bonchev–Trinajstić information content (AvgIpc) is 2.70. The second-order valence-electron chi connectivity index (χ2n) is 4.28. The first kappa shape index (κ1) is 12.8. The van der Waals surface area contributed by atoms with Crippen LogP contribution in [0.4, 0.5) is 4.79 Å². The van der Waals surface area contributed by atoms with Gasteiger partial charge in [-0.05, 0) is 0 Å². The van der Waals surface area contributed by atoms with E-state index in [4.69, 9.17) is 16.3 Å². The first-order valence-corrected chi connectivity index (χ1v) is 5.58. The van der Waals surface area contributed by atoms with E-state index in [9.17, 15) is 14.7 Å². The van der Waals surface area contributed by atoms with Crippen molar-refractivity contribution in [3.05, 3.63) is 0 Å². The number of amides is 3. The molecule has 2 fully saturated rings. The van der Waals surface area contributed by atoms with Crippen LogP contribution < -0.4 is 5.32 Å². The molecule has 18 heavy (non-hydrogen) atoms. The van der Waals surface area contributed by atoms with E-state index < -0.39 is 36.3 Å². The number of nitrogens with zero attached hydrogens (tertiary/aromatic N) is 1. The van der Waals surface area contributed by atoms with Crippen LogP contribution in [0.5, 0.6) is 0 Å². The summed E-state index contributed by atoms with van der Waals surface area (Å²) in [5.41, 5.74) is 0. The normalized spacial score (nSPS) is 36.4. The molecule has 3 N–H and O–H groups in total. The summed E-state index contributed by atoms with van der Waals surface area (Å²) in [7, 11) is 0. The summed E-state index contributed by atoms with van der Waals surface area (Å²) in [4.78, 5) is 24.3. The van der Waals surface area contributed by atoms with E-state index >= 15 is 0 Å². The van der Waals surface area contributed by atoms with Gasteiger partial charge in [0.1, 0.15) is 18.2 Å². The number of imide groups is 1. The zero-order valence-corrected chi connectivity index (χ0v) is 9.57. The van der Waals surface area contributed by atoms with Crippen LogP contribution in [-0.2, 0) is 9.53 Å². The standard InChI is InChI=1S/C11H14N2O5/c1-2-6-4-13(11(17)12-10(6)16)9-3-7(15)8(5-14)18-9/h1,6-9,14-15H,3-5H2,(H,12,16,17). The third kappa shape index (κ3) is 2.18. The zero-order valence-electron chi connectivity index (χ0n) is 9.57. The monoisotopic (exact) mass is 254 g/mol. The fraction of sp³-hybridized carbons (Fsp3) is 0.636. The smallest absolute Gasteiger partial charge is 0.326 e. The lowest BCUT2D eigenvalue weighted by Crippen LogP contribution is -2.57.